The van der Waals surface area contributed by atoms with Crippen molar-refractivity contribution >= 4 is 69.8 Å². The minimum atomic E-state index is -2.46. The number of hydrogen-bond donors (Lipinski definition) is 0. The number of aromatic nitrogens is 2. The molecule has 0 fully saturated rings. The lowest BCUT2D eigenvalue weighted by atomic mass is 10.3. The Balaban J connectivity index is 2.50. The van der Waals surface area contributed by atoms with Crippen molar-refractivity contribution < 1.29 is 4.39 Å². The van der Waals surface area contributed by atoms with Gasteiger partial charge < -0.3 is 0 Å². The van der Waals surface area contributed by atoms with Gasteiger partial charge >= 0.3 is 3.92 Å². The molecule has 0 unspecified atom stereocenters. The van der Waals surface area contributed by atoms with Crippen LogP contribution in [0, 0.1) is 6.92 Å². The Kier molecular flexibility index (Phi) is 5.05. The fourth-order valence-electron chi connectivity index (χ4n) is 1.59. The van der Waals surface area contributed by atoms with Gasteiger partial charge in [0.25, 0.3) is 0 Å². The second kappa shape index (κ2) is 6.11. The van der Waals surface area contributed by atoms with Gasteiger partial charge in [-0.15, -0.1) is 0 Å². The average molecular weight is 395 g/mol. The molecule has 20 heavy (non-hydrogen) atoms. The van der Waals surface area contributed by atoms with Crippen LogP contribution in [0.2, 0.25) is 15.1 Å². The topological polar surface area (TPSA) is 17.8 Å². The van der Waals surface area contributed by atoms with Gasteiger partial charge in [-0.3, -0.25) is 4.57 Å². The lowest BCUT2D eigenvalue weighted by molar-refractivity contribution is 0.515. The molecule has 1 aromatic carbocycles. The normalized spacial score (nSPS) is 11.9. The summed E-state index contributed by atoms with van der Waals surface area (Å²) in [5.74, 6) is 0. The largest absolute Gasteiger partial charge is 0.310 e. The fourth-order valence-corrected chi connectivity index (χ4v) is 3.60. The van der Waals surface area contributed by atoms with Gasteiger partial charge in [-0.1, -0.05) is 58.0 Å². The van der Waals surface area contributed by atoms with Crippen LogP contribution in [-0.4, -0.2) is 13.5 Å². The van der Waals surface area contributed by atoms with E-state index in [9.17, 15) is 4.39 Å². The Bertz CT molecular complexity index is 630. The van der Waals surface area contributed by atoms with Gasteiger partial charge in [-0.25, -0.2) is 4.98 Å². The molecule has 0 radical (unpaired) electrons. The zero-order valence-corrected chi connectivity index (χ0v) is 14.4. The van der Waals surface area contributed by atoms with Crippen LogP contribution >= 0.6 is 69.8 Å². The Hall–Kier alpha value is 0.160. The molecule has 0 atom stereocenters. The maximum Gasteiger partial charge on any atom is 0.310 e. The molecule has 0 N–H and O–H groups in total. The van der Waals surface area contributed by atoms with Crippen molar-refractivity contribution in [3.63, 3.8) is 0 Å². The van der Waals surface area contributed by atoms with E-state index in [1.165, 1.54) is 6.33 Å². The monoisotopic (exact) mass is 392 g/mol. The highest BCUT2D eigenvalue weighted by Crippen LogP contribution is 2.43. The second-order valence-corrected chi connectivity index (χ2v) is 7.86. The molecule has 0 aliphatic rings. The highest BCUT2D eigenvalue weighted by Gasteiger charge is 2.27. The zero-order chi connectivity index (χ0) is 15.1. The summed E-state index contributed by atoms with van der Waals surface area (Å²) in [5.41, 5.74) is 1.10. The summed E-state index contributed by atoms with van der Waals surface area (Å²) in [5, 5.41) is 1.45. The Labute approximate surface area is 144 Å². The highest BCUT2D eigenvalue weighted by molar-refractivity contribution is 8.03. The van der Waals surface area contributed by atoms with Gasteiger partial charge in [0.1, 0.15) is 11.4 Å². The summed E-state index contributed by atoms with van der Waals surface area (Å²) in [6.45, 7) is 1.72. The average Bonchev–Trinajstić information content (AvgIpc) is 2.58. The third-order valence-corrected chi connectivity index (χ3v) is 4.48. The Morgan fingerprint density at radius 3 is 2.25 bits per heavy atom. The summed E-state index contributed by atoms with van der Waals surface area (Å²) in [6, 6.07) is 3.11. The first-order chi connectivity index (χ1) is 9.19. The number of benzene rings is 1. The lowest BCUT2D eigenvalue weighted by Crippen LogP contribution is -2.00. The van der Waals surface area contributed by atoms with Crippen LogP contribution in [0.15, 0.2) is 23.5 Å². The molecular weight excluding hydrogens is 388 g/mol. The Morgan fingerprint density at radius 1 is 1.20 bits per heavy atom. The summed E-state index contributed by atoms with van der Waals surface area (Å²) in [4.78, 5) is 4.05. The predicted octanol–water partition coefficient (Wildman–Crippen LogP) is 6.29. The van der Waals surface area contributed by atoms with Crippen molar-refractivity contribution in [1.29, 1.82) is 0 Å². The molecule has 0 aliphatic carbocycles. The van der Waals surface area contributed by atoms with Crippen molar-refractivity contribution in [3.8, 4) is 5.69 Å². The molecule has 2 rings (SSSR count). The molecule has 9 heteroatoms. The summed E-state index contributed by atoms with van der Waals surface area (Å²) < 4.78 is 12.4. The van der Waals surface area contributed by atoms with E-state index >= 15 is 0 Å². The van der Waals surface area contributed by atoms with Crippen molar-refractivity contribution in [3.05, 3.63) is 39.2 Å². The maximum atomic E-state index is 13.3. The number of nitrogens with zero attached hydrogens (tertiary/aromatic N) is 2. The van der Waals surface area contributed by atoms with Crippen molar-refractivity contribution in [2.45, 2.75) is 15.9 Å². The van der Waals surface area contributed by atoms with Crippen molar-refractivity contribution in [1.82, 2.24) is 9.55 Å². The lowest BCUT2D eigenvalue weighted by Gasteiger charge is -2.11. The van der Waals surface area contributed by atoms with Gasteiger partial charge in [0, 0.05) is 5.02 Å². The van der Waals surface area contributed by atoms with E-state index in [1.807, 2.05) is 0 Å². The first-order valence-electron chi connectivity index (χ1n) is 5.13. The second-order valence-electron chi connectivity index (χ2n) is 3.77. The van der Waals surface area contributed by atoms with E-state index in [-0.39, 0.29) is 0 Å². The third-order valence-electron chi connectivity index (χ3n) is 2.40. The number of thioether (sulfide) groups is 1. The fraction of sp³-hybridized carbons (Fsp3) is 0.182. The molecule has 0 bridgehead atoms. The van der Waals surface area contributed by atoms with Crippen molar-refractivity contribution in [2.75, 3.05) is 0 Å². The van der Waals surface area contributed by atoms with E-state index < -0.39 is 3.92 Å². The highest BCUT2D eigenvalue weighted by atomic mass is 35.5. The predicted molar refractivity (Wildman–Crippen MR) is 84.7 cm³/mol. The molecular formula is C11H6Cl5FN2S. The minimum Gasteiger partial charge on any atom is -0.299 e. The molecule has 1 heterocycles. The van der Waals surface area contributed by atoms with Crippen LogP contribution in [0.1, 0.15) is 5.69 Å². The zero-order valence-electron chi connectivity index (χ0n) is 9.80. The van der Waals surface area contributed by atoms with Gasteiger partial charge in [-0.2, -0.15) is 4.39 Å². The van der Waals surface area contributed by atoms with E-state index in [2.05, 4.69) is 4.98 Å². The molecule has 0 spiro atoms. The molecule has 0 amide bonds. The van der Waals surface area contributed by atoms with Crippen LogP contribution < -0.4 is 0 Å². The van der Waals surface area contributed by atoms with Gasteiger partial charge in [-0.05, 0) is 30.8 Å². The van der Waals surface area contributed by atoms with Gasteiger partial charge in [0.05, 0.1) is 21.4 Å². The number of alkyl halides is 3. The van der Waals surface area contributed by atoms with Gasteiger partial charge in [0.15, 0.2) is 0 Å². The molecule has 0 saturated heterocycles. The molecule has 2 nitrogen and oxygen atoms in total. The molecule has 108 valence electrons. The standard InChI is InChI=1S/C11H6Cl5FN2S/c1-5-10(20-11(15,16)17)18-4-19(5)9-7(13)2-6(12)3-8(9)14/h2-4H,1H3. The maximum absolute atomic E-state index is 13.3. The van der Waals surface area contributed by atoms with E-state index in [0.29, 0.717) is 43.2 Å². The van der Waals surface area contributed by atoms with Crippen LogP contribution in [0.5, 0.6) is 0 Å². The van der Waals surface area contributed by atoms with Crippen LogP contribution in [0.25, 0.3) is 5.69 Å². The summed E-state index contributed by atoms with van der Waals surface area (Å²) in [7, 11) is 0. The molecule has 0 aliphatic heterocycles. The van der Waals surface area contributed by atoms with E-state index in [4.69, 9.17) is 58.0 Å². The van der Waals surface area contributed by atoms with Gasteiger partial charge in [0.2, 0.25) is 0 Å². The SMILES string of the molecule is Cc1c(SC(F)(Cl)Cl)ncn1-c1c(Cl)cc(Cl)cc1Cl. The van der Waals surface area contributed by atoms with Crippen LogP contribution in [0.4, 0.5) is 4.39 Å². The number of hydrogen-bond acceptors (Lipinski definition) is 2. The Morgan fingerprint density at radius 2 is 1.75 bits per heavy atom. The van der Waals surface area contributed by atoms with Crippen molar-refractivity contribution in [2.24, 2.45) is 0 Å². The minimum absolute atomic E-state index is 0.333. The smallest absolute Gasteiger partial charge is 0.299 e. The van der Waals surface area contributed by atoms with Crippen LogP contribution in [-0.2, 0) is 0 Å². The molecule has 2 aromatic rings. The number of imidazole rings is 1. The first-order valence-corrected chi connectivity index (χ1v) is 7.84. The van der Waals surface area contributed by atoms with Crippen LogP contribution in [0.3, 0.4) is 0 Å². The molecule has 0 saturated carbocycles. The van der Waals surface area contributed by atoms with E-state index in [0.717, 1.165) is 0 Å². The summed E-state index contributed by atoms with van der Waals surface area (Å²) in [6.07, 6.45) is 1.46. The first kappa shape index (κ1) is 16.5. The quantitative estimate of drug-likeness (QED) is 0.450. The third kappa shape index (κ3) is 3.67. The van der Waals surface area contributed by atoms with E-state index in [1.54, 1.807) is 23.6 Å². The number of halogens is 6. The molecule has 1 aromatic heterocycles. The number of rotatable bonds is 3. The summed E-state index contributed by atoms with van der Waals surface area (Å²) >= 11 is 29.3.